The van der Waals surface area contributed by atoms with Gasteiger partial charge in [-0.25, -0.2) is 0 Å². The lowest BCUT2D eigenvalue weighted by molar-refractivity contribution is -0.121. The highest BCUT2D eigenvalue weighted by Crippen LogP contribution is 2.18. The quantitative estimate of drug-likeness (QED) is 0.599. The highest BCUT2D eigenvalue weighted by molar-refractivity contribution is 5.84. The first kappa shape index (κ1) is 16.7. The number of aromatic amines is 1. The summed E-state index contributed by atoms with van der Waals surface area (Å²) in [5, 5.41) is 19.8. The normalized spacial score (nSPS) is 11.7. The van der Waals surface area contributed by atoms with Gasteiger partial charge in [0.05, 0.1) is 7.11 Å². The molecule has 0 aliphatic carbocycles. The van der Waals surface area contributed by atoms with Crippen molar-refractivity contribution in [1.29, 1.82) is 0 Å². The third-order valence-corrected chi connectivity index (χ3v) is 3.40. The fraction of sp³-hybridized carbons (Fsp3) is 0.467. The molecule has 8 nitrogen and oxygen atoms in total. The van der Waals surface area contributed by atoms with Gasteiger partial charge in [-0.05, 0) is 25.0 Å². The number of hydrogen-bond acceptors (Lipinski definition) is 6. The van der Waals surface area contributed by atoms with Crippen LogP contribution in [0.25, 0.3) is 0 Å². The SMILES string of the molecule is CCC(Nc1cccc(OC)c1)C(=O)NCCCc1nn[nH]n1. The van der Waals surface area contributed by atoms with Crippen LogP contribution in [0.5, 0.6) is 5.75 Å². The Morgan fingerprint density at radius 2 is 2.30 bits per heavy atom. The predicted molar refractivity (Wildman–Crippen MR) is 86.2 cm³/mol. The summed E-state index contributed by atoms with van der Waals surface area (Å²) in [6.07, 6.45) is 2.13. The highest BCUT2D eigenvalue weighted by atomic mass is 16.5. The average Bonchev–Trinajstić information content (AvgIpc) is 3.10. The minimum absolute atomic E-state index is 0.0246. The van der Waals surface area contributed by atoms with E-state index in [-0.39, 0.29) is 11.9 Å². The monoisotopic (exact) mass is 318 g/mol. The first-order valence-corrected chi connectivity index (χ1v) is 7.63. The third-order valence-electron chi connectivity index (χ3n) is 3.40. The smallest absolute Gasteiger partial charge is 0.242 e. The molecule has 0 aliphatic heterocycles. The molecule has 1 aromatic carbocycles. The molecule has 0 radical (unpaired) electrons. The number of benzene rings is 1. The number of rotatable bonds is 9. The zero-order valence-corrected chi connectivity index (χ0v) is 13.4. The van der Waals surface area contributed by atoms with Crippen LogP contribution in [-0.4, -0.2) is 46.2 Å². The van der Waals surface area contributed by atoms with Gasteiger partial charge in [-0.3, -0.25) is 4.79 Å². The Labute approximate surface area is 135 Å². The van der Waals surface area contributed by atoms with E-state index in [4.69, 9.17) is 4.74 Å². The highest BCUT2D eigenvalue weighted by Gasteiger charge is 2.15. The Morgan fingerprint density at radius 3 is 3.00 bits per heavy atom. The molecule has 0 bridgehead atoms. The number of carbonyl (C=O) groups excluding carboxylic acids is 1. The minimum Gasteiger partial charge on any atom is -0.497 e. The summed E-state index contributed by atoms with van der Waals surface area (Å²) in [5.41, 5.74) is 0.859. The predicted octanol–water partition coefficient (Wildman–Crippen LogP) is 1.15. The number of ether oxygens (including phenoxy) is 1. The van der Waals surface area contributed by atoms with Crippen molar-refractivity contribution in [3.8, 4) is 5.75 Å². The van der Waals surface area contributed by atoms with Gasteiger partial charge >= 0.3 is 0 Å². The zero-order chi connectivity index (χ0) is 16.5. The number of aromatic nitrogens is 4. The van der Waals surface area contributed by atoms with Gasteiger partial charge in [0.2, 0.25) is 5.91 Å². The number of nitrogens with zero attached hydrogens (tertiary/aromatic N) is 3. The lowest BCUT2D eigenvalue weighted by atomic mass is 10.2. The van der Waals surface area contributed by atoms with E-state index >= 15 is 0 Å². The maximum atomic E-state index is 12.2. The molecule has 0 spiro atoms. The largest absolute Gasteiger partial charge is 0.497 e. The zero-order valence-electron chi connectivity index (χ0n) is 13.4. The summed E-state index contributed by atoms with van der Waals surface area (Å²) in [7, 11) is 1.62. The molecule has 2 aromatic rings. The van der Waals surface area contributed by atoms with Crippen LogP contribution in [0.1, 0.15) is 25.6 Å². The molecular formula is C15H22N6O2. The molecule has 0 saturated carbocycles. The summed E-state index contributed by atoms with van der Waals surface area (Å²) in [4.78, 5) is 12.2. The van der Waals surface area contributed by atoms with Crippen molar-refractivity contribution >= 4 is 11.6 Å². The summed E-state index contributed by atoms with van der Waals surface area (Å²) in [5.74, 6) is 1.38. The van der Waals surface area contributed by atoms with E-state index in [1.165, 1.54) is 0 Å². The number of nitrogens with one attached hydrogen (secondary N) is 3. The van der Waals surface area contributed by atoms with E-state index < -0.39 is 0 Å². The summed E-state index contributed by atoms with van der Waals surface area (Å²) in [6.45, 7) is 2.54. The number of hydrogen-bond donors (Lipinski definition) is 3. The first-order valence-electron chi connectivity index (χ1n) is 7.63. The second kappa shape index (κ2) is 8.72. The summed E-state index contributed by atoms with van der Waals surface area (Å²) < 4.78 is 5.19. The van der Waals surface area contributed by atoms with Crippen LogP contribution in [-0.2, 0) is 11.2 Å². The van der Waals surface area contributed by atoms with Crippen LogP contribution in [0.2, 0.25) is 0 Å². The van der Waals surface area contributed by atoms with Crippen LogP contribution in [0, 0.1) is 0 Å². The van der Waals surface area contributed by atoms with Gasteiger partial charge < -0.3 is 15.4 Å². The Balaban J connectivity index is 1.78. The molecular weight excluding hydrogens is 296 g/mol. The molecule has 1 unspecified atom stereocenters. The third kappa shape index (κ3) is 5.24. The molecule has 1 amide bonds. The van der Waals surface area contributed by atoms with Gasteiger partial charge in [0.15, 0.2) is 5.82 Å². The minimum atomic E-state index is -0.285. The van der Waals surface area contributed by atoms with Gasteiger partial charge in [-0.1, -0.05) is 18.2 Å². The number of H-pyrrole nitrogens is 1. The van der Waals surface area contributed by atoms with Crippen molar-refractivity contribution < 1.29 is 9.53 Å². The number of carbonyl (C=O) groups is 1. The van der Waals surface area contributed by atoms with Crippen molar-refractivity contribution in [2.24, 2.45) is 0 Å². The first-order chi connectivity index (χ1) is 11.2. The van der Waals surface area contributed by atoms with E-state index in [1.807, 2.05) is 31.2 Å². The molecule has 0 aliphatic rings. The number of aryl methyl sites for hydroxylation is 1. The lowest BCUT2D eigenvalue weighted by Gasteiger charge is -2.18. The average molecular weight is 318 g/mol. The van der Waals surface area contributed by atoms with Crippen molar-refractivity contribution in [2.45, 2.75) is 32.2 Å². The maximum absolute atomic E-state index is 12.2. The molecule has 0 fully saturated rings. The Morgan fingerprint density at radius 1 is 1.43 bits per heavy atom. The van der Waals surface area contributed by atoms with E-state index in [2.05, 4.69) is 31.3 Å². The lowest BCUT2D eigenvalue weighted by Crippen LogP contribution is -2.39. The van der Waals surface area contributed by atoms with Crippen molar-refractivity contribution in [2.75, 3.05) is 19.0 Å². The van der Waals surface area contributed by atoms with E-state index in [9.17, 15) is 4.79 Å². The van der Waals surface area contributed by atoms with Crippen molar-refractivity contribution in [3.05, 3.63) is 30.1 Å². The molecule has 0 saturated heterocycles. The second-order valence-corrected chi connectivity index (χ2v) is 5.06. The van der Waals surface area contributed by atoms with Crippen LogP contribution in [0.15, 0.2) is 24.3 Å². The summed E-state index contributed by atoms with van der Waals surface area (Å²) >= 11 is 0. The Hall–Kier alpha value is -2.64. The fourth-order valence-electron chi connectivity index (χ4n) is 2.14. The standard InChI is InChI=1S/C15H22N6O2/c1-3-13(17-11-6-4-7-12(10-11)23-2)15(22)16-9-5-8-14-18-20-21-19-14/h4,6-7,10,13,17H,3,5,8-9H2,1-2H3,(H,16,22)(H,18,19,20,21). The van der Waals surface area contributed by atoms with Gasteiger partial charge in [-0.15, -0.1) is 10.2 Å². The maximum Gasteiger partial charge on any atom is 0.242 e. The summed E-state index contributed by atoms with van der Waals surface area (Å²) in [6, 6.07) is 7.24. The fourth-order valence-corrected chi connectivity index (χ4v) is 2.14. The van der Waals surface area contributed by atoms with Crippen LogP contribution in [0.4, 0.5) is 5.69 Å². The molecule has 1 aromatic heterocycles. The van der Waals surface area contributed by atoms with Gasteiger partial charge in [0.1, 0.15) is 11.8 Å². The molecule has 23 heavy (non-hydrogen) atoms. The van der Waals surface area contributed by atoms with Crippen LogP contribution in [0.3, 0.4) is 0 Å². The number of amides is 1. The van der Waals surface area contributed by atoms with Gasteiger partial charge in [0.25, 0.3) is 0 Å². The molecule has 3 N–H and O–H groups in total. The van der Waals surface area contributed by atoms with E-state index in [1.54, 1.807) is 7.11 Å². The van der Waals surface area contributed by atoms with Gasteiger partial charge in [-0.2, -0.15) is 5.21 Å². The van der Waals surface area contributed by atoms with Crippen molar-refractivity contribution in [1.82, 2.24) is 25.9 Å². The second-order valence-electron chi connectivity index (χ2n) is 5.06. The van der Waals surface area contributed by atoms with E-state index in [0.717, 1.165) is 17.9 Å². The molecule has 1 heterocycles. The Kier molecular flexibility index (Phi) is 6.34. The van der Waals surface area contributed by atoms with E-state index in [0.29, 0.717) is 25.2 Å². The number of methoxy groups -OCH3 is 1. The van der Waals surface area contributed by atoms with Crippen LogP contribution < -0.4 is 15.4 Å². The Bertz CT molecular complexity index is 602. The topological polar surface area (TPSA) is 105 Å². The molecule has 1 atom stereocenters. The molecule has 2 rings (SSSR count). The van der Waals surface area contributed by atoms with Gasteiger partial charge in [0, 0.05) is 24.7 Å². The number of tetrazole rings is 1. The molecule has 8 heteroatoms. The van der Waals surface area contributed by atoms with Crippen LogP contribution >= 0.6 is 0 Å². The molecule has 124 valence electrons. The number of anilines is 1. The van der Waals surface area contributed by atoms with Crippen molar-refractivity contribution in [3.63, 3.8) is 0 Å².